The topological polar surface area (TPSA) is 0 Å². The van der Waals surface area contributed by atoms with Crippen LogP contribution in [-0.4, -0.2) is 0 Å². The van der Waals surface area contributed by atoms with E-state index in [-0.39, 0.29) is 25.8 Å². The smallest absolute Gasteiger partial charge is 0 e. The summed E-state index contributed by atoms with van der Waals surface area (Å²) >= 11 is 0. The van der Waals surface area contributed by atoms with Crippen LogP contribution in [0.15, 0.2) is 121 Å². The van der Waals surface area contributed by atoms with Crippen molar-refractivity contribution in [2.24, 2.45) is 0 Å². The Morgan fingerprint density at radius 3 is 1.21 bits per heavy atom. The third-order valence-electron chi connectivity index (χ3n) is 5.92. The Labute approximate surface area is 215 Å². The number of fused-ring (bicyclic) bond motifs is 2. The van der Waals surface area contributed by atoms with E-state index in [0.29, 0.717) is 0 Å². The molecule has 0 amide bonds. The monoisotopic (exact) mass is 590 g/mol. The maximum atomic E-state index is 2.26. The van der Waals surface area contributed by atoms with E-state index < -0.39 is 0 Å². The molecular formula is C32H26Hf-2. The third kappa shape index (κ3) is 5.31. The molecule has 0 nitrogen and oxygen atoms in total. The molecule has 0 aliphatic rings. The molecule has 6 aromatic rings. The van der Waals surface area contributed by atoms with Gasteiger partial charge in [-0.1, -0.05) is 98.8 Å². The number of hydrogen-bond donors (Lipinski definition) is 0. The minimum Gasteiger partial charge on any atom is -0.165 e. The van der Waals surface area contributed by atoms with Crippen LogP contribution in [0.3, 0.4) is 0 Å². The molecule has 33 heavy (non-hydrogen) atoms. The van der Waals surface area contributed by atoms with E-state index in [1.807, 2.05) is 0 Å². The van der Waals surface area contributed by atoms with Crippen LogP contribution in [0.5, 0.6) is 0 Å². The Hall–Kier alpha value is -3.03. The van der Waals surface area contributed by atoms with Gasteiger partial charge in [-0.2, -0.15) is 12.1 Å². The zero-order valence-corrected chi connectivity index (χ0v) is 22.6. The summed E-state index contributed by atoms with van der Waals surface area (Å²) in [4.78, 5) is 0. The van der Waals surface area contributed by atoms with Crippen molar-refractivity contribution < 1.29 is 25.8 Å². The molecule has 0 N–H and O–H groups in total. The van der Waals surface area contributed by atoms with Crippen molar-refractivity contribution in [1.29, 1.82) is 0 Å². The van der Waals surface area contributed by atoms with Crippen LogP contribution in [0.25, 0.3) is 43.8 Å². The van der Waals surface area contributed by atoms with Gasteiger partial charge in [0.15, 0.2) is 0 Å². The van der Waals surface area contributed by atoms with Crippen LogP contribution >= 0.6 is 0 Å². The fraction of sp³-hybridized carbons (Fsp3) is 0.0625. The van der Waals surface area contributed by atoms with Crippen LogP contribution < -0.4 is 0 Å². The number of rotatable bonds is 2. The van der Waals surface area contributed by atoms with Gasteiger partial charge in [0.05, 0.1) is 0 Å². The molecule has 0 aliphatic heterocycles. The van der Waals surface area contributed by atoms with Gasteiger partial charge in [0.25, 0.3) is 0 Å². The van der Waals surface area contributed by atoms with E-state index in [0.717, 1.165) is 0 Å². The van der Waals surface area contributed by atoms with Gasteiger partial charge in [0.1, 0.15) is 0 Å². The second kappa shape index (κ2) is 10.3. The van der Waals surface area contributed by atoms with Gasteiger partial charge in [0, 0.05) is 25.8 Å². The summed E-state index contributed by atoms with van der Waals surface area (Å²) < 4.78 is 0. The van der Waals surface area contributed by atoms with E-state index in [4.69, 9.17) is 0 Å². The number of aryl methyl sites for hydroxylation is 2. The van der Waals surface area contributed by atoms with Gasteiger partial charge < -0.3 is 0 Å². The first-order chi connectivity index (χ1) is 15.7. The molecule has 0 saturated heterocycles. The van der Waals surface area contributed by atoms with Crippen molar-refractivity contribution in [2.45, 2.75) is 13.8 Å². The van der Waals surface area contributed by atoms with E-state index in [2.05, 4.69) is 135 Å². The van der Waals surface area contributed by atoms with Crippen molar-refractivity contribution in [3.63, 3.8) is 0 Å². The van der Waals surface area contributed by atoms with Gasteiger partial charge in [0.2, 0.25) is 0 Å². The first kappa shape index (κ1) is 23.1. The summed E-state index contributed by atoms with van der Waals surface area (Å²) in [5.41, 5.74) is 7.81. The Bertz CT molecular complexity index is 1350. The molecule has 0 fully saturated rings. The van der Waals surface area contributed by atoms with Crippen molar-refractivity contribution in [2.75, 3.05) is 0 Å². The minimum absolute atomic E-state index is 0. The summed E-state index contributed by atoms with van der Waals surface area (Å²) in [6, 6.07) is 43.2. The van der Waals surface area contributed by atoms with E-state index in [9.17, 15) is 0 Å². The normalized spacial score (nSPS) is 10.5. The quantitative estimate of drug-likeness (QED) is 0.140. The molecule has 0 spiro atoms. The number of benzene rings is 4. The maximum absolute atomic E-state index is 2.26. The van der Waals surface area contributed by atoms with Crippen LogP contribution in [0.1, 0.15) is 11.1 Å². The summed E-state index contributed by atoms with van der Waals surface area (Å²) in [7, 11) is 0. The predicted octanol–water partition coefficient (Wildman–Crippen LogP) is 9.07. The van der Waals surface area contributed by atoms with Gasteiger partial charge in [-0.3, -0.25) is 0 Å². The second-order valence-electron chi connectivity index (χ2n) is 8.48. The molecule has 0 aliphatic carbocycles. The van der Waals surface area contributed by atoms with Gasteiger partial charge in [-0.05, 0) is 22.3 Å². The molecular weight excluding hydrogens is 563 g/mol. The Morgan fingerprint density at radius 1 is 0.424 bits per heavy atom. The number of hydrogen-bond acceptors (Lipinski definition) is 0. The summed E-state index contributed by atoms with van der Waals surface area (Å²) in [5.74, 6) is 0. The molecule has 0 bridgehead atoms. The molecule has 1 heteroatoms. The third-order valence-corrected chi connectivity index (χ3v) is 5.92. The zero-order chi connectivity index (χ0) is 21.9. The van der Waals surface area contributed by atoms with Gasteiger partial charge in [-0.25, -0.2) is 0 Å². The van der Waals surface area contributed by atoms with Crippen molar-refractivity contribution in [1.82, 2.24) is 0 Å². The first-order valence-electron chi connectivity index (χ1n) is 11.1. The van der Waals surface area contributed by atoms with Gasteiger partial charge in [-0.15, -0.1) is 56.9 Å². The Balaban J connectivity index is 0.000000152. The molecule has 0 saturated carbocycles. The Morgan fingerprint density at radius 2 is 0.818 bits per heavy atom. The van der Waals surface area contributed by atoms with Gasteiger partial charge >= 0.3 is 0 Å². The minimum atomic E-state index is 0. The Kier molecular flexibility index (Phi) is 7.20. The SMILES string of the molecule is Cc1cc2cc(-c3ccccc3)ccc2[cH-]1.Cc1cc2cc(-c3ccccc3)ccc2[cH-]1.[Hf]. The molecule has 0 atom stereocenters. The van der Waals surface area contributed by atoms with Crippen LogP contribution in [0.2, 0.25) is 0 Å². The largest absolute Gasteiger partial charge is 0.165 e. The molecule has 0 radical (unpaired) electrons. The predicted molar refractivity (Wildman–Crippen MR) is 139 cm³/mol. The standard InChI is InChI=1S/2C16H13.Hf/c2*1-12-9-14-7-8-15(11-16(14)10-12)13-5-3-2-4-6-13;/h2*2-11H,1H3;/q2*-1;. The van der Waals surface area contributed by atoms with E-state index in [1.165, 1.54) is 54.9 Å². The average Bonchev–Trinajstić information content (AvgIpc) is 3.39. The van der Waals surface area contributed by atoms with Crippen LogP contribution in [0, 0.1) is 13.8 Å². The fourth-order valence-corrected chi connectivity index (χ4v) is 4.35. The molecule has 6 rings (SSSR count). The van der Waals surface area contributed by atoms with Crippen molar-refractivity contribution in [3.8, 4) is 22.3 Å². The van der Waals surface area contributed by atoms with Crippen molar-refractivity contribution in [3.05, 3.63) is 132 Å². The zero-order valence-electron chi connectivity index (χ0n) is 19.0. The van der Waals surface area contributed by atoms with E-state index >= 15 is 0 Å². The fourth-order valence-electron chi connectivity index (χ4n) is 4.35. The van der Waals surface area contributed by atoms with Crippen molar-refractivity contribution >= 4 is 21.5 Å². The summed E-state index contributed by atoms with van der Waals surface area (Å²) in [6.45, 7) is 4.28. The summed E-state index contributed by atoms with van der Waals surface area (Å²) in [5, 5.41) is 5.33. The average molecular weight is 589 g/mol. The molecule has 160 valence electrons. The molecule has 0 heterocycles. The van der Waals surface area contributed by atoms with Crippen LogP contribution in [0.4, 0.5) is 0 Å². The molecule has 0 unspecified atom stereocenters. The summed E-state index contributed by atoms with van der Waals surface area (Å²) in [6.07, 6.45) is 0. The van der Waals surface area contributed by atoms with Crippen LogP contribution in [-0.2, 0) is 25.8 Å². The maximum Gasteiger partial charge on any atom is 0 e. The first-order valence-corrected chi connectivity index (χ1v) is 11.1. The van der Waals surface area contributed by atoms with E-state index in [1.54, 1.807) is 0 Å². The second-order valence-corrected chi connectivity index (χ2v) is 8.48. The molecule has 0 aromatic heterocycles. The molecule has 6 aromatic carbocycles.